The molecule has 0 aliphatic heterocycles. The SMILES string of the molecule is Cc1cc(C)c(C(=O)c2ccccc2)c(C)c1.Cc1cc(C)cc(C)c1. The molecule has 0 aromatic heterocycles. The summed E-state index contributed by atoms with van der Waals surface area (Å²) in [4.78, 5) is 12.4. The van der Waals surface area contributed by atoms with Gasteiger partial charge in [0.2, 0.25) is 0 Å². The summed E-state index contributed by atoms with van der Waals surface area (Å²) in [5.41, 5.74) is 8.95. The van der Waals surface area contributed by atoms with Gasteiger partial charge in [0.25, 0.3) is 0 Å². The fourth-order valence-corrected chi connectivity index (χ4v) is 3.47. The van der Waals surface area contributed by atoms with Gasteiger partial charge in [-0.1, -0.05) is 82.9 Å². The standard InChI is InChI=1S/C16H16O.C9H12/c1-11-9-12(2)15(13(3)10-11)16(17)14-7-5-4-6-8-14;1-7-4-8(2)6-9(3)5-7/h4-10H,1-3H3;4-6H,1-3H3. The van der Waals surface area contributed by atoms with Crippen LogP contribution in [0.5, 0.6) is 0 Å². The van der Waals surface area contributed by atoms with Gasteiger partial charge in [-0.05, 0) is 52.7 Å². The second-order valence-electron chi connectivity index (χ2n) is 7.13. The van der Waals surface area contributed by atoms with E-state index < -0.39 is 0 Å². The molecule has 0 heterocycles. The average molecular weight is 344 g/mol. The molecule has 0 radical (unpaired) electrons. The molecule has 0 bridgehead atoms. The van der Waals surface area contributed by atoms with E-state index in [-0.39, 0.29) is 5.78 Å². The van der Waals surface area contributed by atoms with Crippen molar-refractivity contribution in [2.24, 2.45) is 0 Å². The highest BCUT2D eigenvalue weighted by Crippen LogP contribution is 2.20. The first-order valence-corrected chi connectivity index (χ1v) is 9.00. The minimum atomic E-state index is 0.112. The lowest BCUT2D eigenvalue weighted by Crippen LogP contribution is -2.06. The summed E-state index contributed by atoms with van der Waals surface area (Å²) < 4.78 is 0. The number of carbonyl (C=O) groups is 1. The first-order valence-electron chi connectivity index (χ1n) is 9.00. The first kappa shape index (κ1) is 19.7. The lowest BCUT2D eigenvalue weighted by Gasteiger charge is -2.10. The van der Waals surface area contributed by atoms with Gasteiger partial charge >= 0.3 is 0 Å². The highest BCUT2D eigenvalue weighted by Gasteiger charge is 2.14. The van der Waals surface area contributed by atoms with Crippen LogP contribution in [0.4, 0.5) is 0 Å². The molecule has 3 aromatic rings. The molecular weight excluding hydrogens is 316 g/mol. The summed E-state index contributed by atoms with van der Waals surface area (Å²) in [6.45, 7) is 12.4. The largest absolute Gasteiger partial charge is 0.289 e. The second-order valence-corrected chi connectivity index (χ2v) is 7.13. The Hall–Kier alpha value is -2.67. The number of ketones is 1. The molecule has 0 saturated heterocycles. The Morgan fingerprint density at radius 3 is 1.38 bits per heavy atom. The third-order valence-corrected chi connectivity index (χ3v) is 4.31. The number of carbonyl (C=O) groups excluding carboxylic acids is 1. The molecule has 134 valence electrons. The Bertz CT molecular complexity index is 831. The van der Waals surface area contributed by atoms with E-state index in [1.165, 1.54) is 22.3 Å². The van der Waals surface area contributed by atoms with E-state index >= 15 is 0 Å². The van der Waals surface area contributed by atoms with E-state index in [2.05, 4.69) is 58.0 Å². The normalized spacial score (nSPS) is 10.1. The van der Waals surface area contributed by atoms with Gasteiger partial charge in [-0.15, -0.1) is 0 Å². The third-order valence-electron chi connectivity index (χ3n) is 4.31. The Morgan fingerprint density at radius 1 is 0.577 bits per heavy atom. The van der Waals surface area contributed by atoms with Gasteiger partial charge in [-0.25, -0.2) is 0 Å². The van der Waals surface area contributed by atoms with Gasteiger partial charge in [-0.2, -0.15) is 0 Å². The zero-order valence-electron chi connectivity index (χ0n) is 16.7. The first-order chi connectivity index (χ1) is 12.3. The molecule has 1 heteroatoms. The molecule has 0 aliphatic carbocycles. The van der Waals surface area contributed by atoms with Crippen LogP contribution >= 0.6 is 0 Å². The lowest BCUT2D eigenvalue weighted by molar-refractivity contribution is 0.103. The molecule has 0 spiro atoms. The minimum Gasteiger partial charge on any atom is -0.289 e. The molecule has 3 rings (SSSR count). The van der Waals surface area contributed by atoms with Crippen LogP contribution in [0, 0.1) is 41.5 Å². The van der Waals surface area contributed by atoms with Crippen LogP contribution in [0.2, 0.25) is 0 Å². The van der Waals surface area contributed by atoms with Crippen molar-refractivity contribution in [3.8, 4) is 0 Å². The molecule has 0 unspecified atom stereocenters. The summed E-state index contributed by atoms with van der Waals surface area (Å²) in [6.07, 6.45) is 0. The monoisotopic (exact) mass is 344 g/mol. The van der Waals surface area contributed by atoms with Crippen LogP contribution in [-0.4, -0.2) is 5.78 Å². The molecule has 26 heavy (non-hydrogen) atoms. The van der Waals surface area contributed by atoms with Gasteiger partial charge in [0.1, 0.15) is 0 Å². The molecule has 0 atom stereocenters. The Labute approximate surface area is 157 Å². The Morgan fingerprint density at radius 2 is 0.962 bits per heavy atom. The number of aryl methyl sites for hydroxylation is 6. The summed E-state index contributed by atoms with van der Waals surface area (Å²) in [5.74, 6) is 0.112. The zero-order valence-corrected chi connectivity index (χ0v) is 16.7. The molecule has 0 amide bonds. The summed E-state index contributed by atoms with van der Waals surface area (Å²) in [6, 6.07) is 20.1. The summed E-state index contributed by atoms with van der Waals surface area (Å²) >= 11 is 0. The predicted molar refractivity (Wildman–Crippen MR) is 111 cm³/mol. The predicted octanol–water partition coefficient (Wildman–Crippen LogP) is 6.45. The number of rotatable bonds is 2. The van der Waals surface area contributed by atoms with Crippen molar-refractivity contribution in [3.05, 3.63) is 105 Å². The van der Waals surface area contributed by atoms with E-state index in [4.69, 9.17) is 0 Å². The maximum absolute atomic E-state index is 12.4. The highest BCUT2D eigenvalue weighted by molar-refractivity contribution is 6.10. The second kappa shape index (κ2) is 8.62. The van der Waals surface area contributed by atoms with Crippen LogP contribution in [0.25, 0.3) is 0 Å². The van der Waals surface area contributed by atoms with Crippen molar-refractivity contribution in [1.82, 2.24) is 0 Å². The van der Waals surface area contributed by atoms with Crippen LogP contribution in [-0.2, 0) is 0 Å². The van der Waals surface area contributed by atoms with Gasteiger partial charge in [0.05, 0.1) is 0 Å². The minimum absolute atomic E-state index is 0.112. The van der Waals surface area contributed by atoms with E-state index in [1.54, 1.807) is 0 Å². The molecule has 1 nitrogen and oxygen atoms in total. The van der Waals surface area contributed by atoms with E-state index in [9.17, 15) is 4.79 Å². The molecular formula is C25H28O. The number of hydrogen-bond donors (Lipinski definition) is 0. The van der Waals surface area contributed by atoms with Crippen LogP contribution < -0.4 is 0 Å². The summed E-state index contributed by atoms with van der Waals surface area (Å²) in [5, 5.41) is 0. The van der Waals surface area contributed by atoms with Crippen molar-refractivity contribution in [1.29, 1.82) is 0 Å². The highest BCUT2D eigenvalue weighted by atomic mass is 16.1. The van der Waals surface area contributed by atoms with Crippen molar-refractivity contribution in [2.45, 2.75) is 41.5 Å². The molecule has 0 saturated carbocycles. The zero-order chi connectivity index (χ0) is 19.3. The Kier molecular flexibility index (Phi) is 6.52. The quantitative estimate of drug-likeness (QED) is 0.488. The summed E-state index contributed by atoms with van der Waals surface area (Å²) in [7, 11) is 0. The lowest BCUT2D eigenvalue weighted by atomic mass is 9.93. The van der Waals surface area contributed by atoms with Crippen molar-refractivity contribution >= 4 is 5.78 Å². The van der Waals surface area contributed by atoms with E-state index in [0.717, 1.165) is 22.3 Å². The van der Waals surface area contributed by atoms with E-state index in [0.29, 0.717) is 0 Å². The van der Waals surface area contributed by atoms with Gasteiger partial charge in [-0.3, -0.25) is 4.79 Å². The molecule has 0 aliphatic rings. The van der Waals surface area contributed by atoms with Gasteiger partial charge in [0.15, 0.2) is 5.78 Å². The van der Waals surface area contributed by atoms with Gasteiger partial charge in [0, 0.05) is 11.1 Å². The van der Waals surface area contributed by atoms with Crippen LogP contribution in [0.15, 0.2) is 60.7 Å². The smallest absolute Gasteiger partial charge is 0.193 e. The average Bonchev–Trinajstić information content (AvgIpc) is 2.54. The maximum Gasteiger partial charge on any atom is 0.193 e. The van der Waals surface area contributed by atoms with Crippen LogP contribution in [0.3, 0.4) is 0 Å². The number of benzene rings is 3. The van der Waals surface area contributed by atoms with Crippen molar-refractivity contribution in [2.75, 3.05) is 0 Å². The fourth-order valence-electron chi connectivity index (χ4n) is 3.47. The molecule has 0 N–H and O–H groups in total. The number of hydrogen-bond acceptors (Lipinski definition) is 1. The van der Waals surface area contributed by atoms with Gasteiger partial charge < -0.3 is 0 Å². The maximum atomic E-state index is 12.4. The topological polar surface area (TPSA) is 17.1 Å². The fraction of sp³-hybridized carbons (Fsp3) is 0.240. The molecule has 3 aromatic carbocycles. The van der Waals surface area contributed by atoms with E-state index in [1.807, 2.05) is 44.2 Å². The van der Waals surface area contributed by atoms with Crippen molar-refractivity contribution in [3.63, 3.8) is 0 Å². The Balaban J connectivity index is 0.000000228. The third kappa shape index (κ3) is 5.16. The molecule has 0 fully saturated rings. The van der Waals surface area contributed by atoms with Crippen LogP contribution in [0.1, 0.15) is 49.3 Å². The van der Waals surface area contributed by atoms with Crippen molar-refractivity contribution < 1.29 is 4.79 Å².